The van der Waals surface area contributed by atoms with Crippen LogP contribution in [-0.2, 0) is 23.1 Å². The van der Waals surface area contributed by atoms with Crippen LogP contribution < -0.4 is 9.86 Å². The molecule has 0 spiro atoms. The van der Waals surface area contributed by atoms with Crippen LogP contribution in [0.2, 0.25) is 0 Å². The molecule has 0 radical (unpaired) electrons. The van der Waals surface area contributed by atoms with Crippen molar-refractivity contribution in [2.24, 2.45) is 0 Å². The van der Waals surface area contributed by atoms with E-state index in [9.17, 15) is 17.6 Å². The number of para-hydroxylation sites is 1. The van der Waals surface area contributed by atoms with E-state index in [1.807, 2.05) is 0 Å². The molecule has 0 bridgehead atoms. The first-order valence-corrected chi connectivity index (χ1v) is 9.98. The highest BCUT2D eigenvalue weighted by Crippen LogP contribution is 2.21. The van der Waals surface area contributed by atoms with Gasteiger partial charge in [0.2, 0.25) is 10.0 Å². The zero-order chi connectivity index (χ0) is 19.6. The molecule has 3 rings (SSSR count). The smallest absolute Gasteiger partial charge is 0.261 e. The van der Waals surface area contributed by atoms with E-state index < -0.39 is 15.8 Å². The summed E-state index contributed by atoms with van der Waals surface area (Å²) in [4.78, 5) is 17.3. The largest absolute Gasteiger partial charge is 0.291 e. The highest BCUT2D eigenvalue weighted by molar-refractivity contribution is 7.92. The van der Waals surface area contributed by atoms with E-state index >= 15 is 0 Å². The minimum Gasteiger partial charge on any atom is -0.291 e. The van der Waals surface area contributed by atoms with Crippen molar-refractivity contribution in [3.05, 3.63) is 83.2 Å². The summed E-state index contributed by atoms with van der Waals surface area (Å²) < 4.78 is 40.4. The fraction of sp³-hybridized carbons (Fsp3) is 0.158. The molecule has 0 amide bonds. The van der Waals surface area contributed by atoms with Crippen LogP contribution in [-0.4, -0.2) is 24.2 Å². The molecule has 140 valence electrons. The summed E-state index contributed by atoms with van der Waals surface area (Å²) in [6.07, 6.45) is 2.59. The first-order valence-electron chi connectivity index (χ1n) is 8.14. The molecular formula is C19H18FN3O3S. The van der Waals surface area contributed by atoms with Gasteiger partial charge in [-0.25, -0.2) is 17.8 Å². The number of fused-ring (bicyclic) bond motifs is 1. The van der Waals surface area contributed by atoms with Crippen LogP contribution in [0.1, 0.15) is 5.82 Å². The van der Waals surface area contributed by atoms with Crippen LogP contribution in [0.5, 0.6) is 0 Å². The molecule has 2 aromatic carbocycles. The Morgan fingerprint density at radius 1 is 1.19 bits per heavy atom. The molecule has 8 heteroatoms. The van der Waals surface area contributed by atoms with Crippen LogP contribution in [0, 0.1) is 5.82 Å². The highest BCUT2D eigenvalue weighted by Gasteiger charge is 2.21. The van der Waals surface area contributed by atoms with E-state index in [-0.39, 0.29) is 30.2 Å². The topological polar surface area (TPSA) is 72.3 Å². The van der Waals surface area contributed by atoms with Gasteiger partial charge in [-0.3, -0.25) is 13.7 Å². The van der Waals surface area contributed by atoms with Gasteiger partial charge in [0.15, 0.2) is 0 Å². The molecule has 0 aliphatic rings. The molecule has 27 heavy (non-hydrogen) atoms. The molecule has 0 aliphatic heterocycles. The number of halogens is 1. The fourth-order valence-electron chi connectivity index (χ4n) is 2.79. The maximum Gasteiger partial charge on any atom is 0.261 e. The molecule has 0 atom stereocenters. The monoisotopic (exact) mass is 387 g/mol. The van der Waals surface area contributed by atoms with Gasteiger partial charge in [0.25, 0.3) is 5.56 Å². The number of benzene rings is 2. The summed E-state index contributed by atoms with van der Waals surface area (Å²) in [5, 5.41) is 0.441. The van der Waals surface area contributed by atoms with E-state index in [1.165, 1.54) is 28.8 Å². The first-order chi connectivity index (χ1) is 12.8. The fourth-order valence-corrected chi connectivity index (χ4v) is 3.64. The average Bonchev–Trinajstić information content (AvgIpc) is 2.63. The number of aromatic nitrogens is 2. The molecule has 0 N–H and O–H groups in total. The molecule has 1 heterocycles. The summed E-state index contributed by atoms with van der Waals surface area (Å²) >= 11 is 0. The number of hydrogen-bond donors (Lipinski definition) is 0. The Morgan fingerprint density at radius 3 is 2.48 bits per heavy atom. The lowest BCUT2D eigenvalue weighted by Crippen LogP contribution is -2.34. The molecule has 6 nitrogen and oxygen atoms in total. The predicted molar refractivity (Wildman–Crippen MR) is 104 cm³/mol. The lowest BCUT2D eigenvalue weighted by atomic mass is 10.2. The molecule has 0 saturated heterocycles. The minimum absolute atomic E-state index is 0.168. The van der Waals surface area contributed by atoms with Gasteiger partial charge in [-0.1, -0.05) is 18.2 Å². The van der Waals surface area contributed by atoms with Crippen LogP contribution in [0.3, 0.4) is 0 Å². The van der Waals surface area contributed by atoms with Crippen molar-refractivity contribution >= 4 is 26.6 Å². The van der Waals surface area contributed by atoms with Crippen molar-refractivity contribution < 1.29 is 12.8 Å². The predicted octanol–water partition coefficient (Wildman–Crippen LogP) is 2.69. The number of nitrogens with zero attached hydrogens (tertiary/aromatic N) is 3. The van der Waals surface area contributed by atoms with Crippen molar-refractivity contribution in [1.82, 2.24) is 9.55 Å². The van der Waals surface area contributed by atoms with Gasteiger partial charge in [0.05, 0.1) is 29.4 Å². The second-order valence-corrected chi connectivity index (χ2v) is 7.90. The zero-order valence-electron chi connectivity index (χ0n) is 14.7. The Balaban J connectivity index is 2.17. The van der Waals surface area contributed by atoms with Gasteiger partial charge in [-0.2, -0.15) is 0 Å². The Bertz CT molecular complexity index is 1160. The summed E-state index contributed by atoms with van der Waals surface area (Å²) in [5.41, 5.74) is 0.486. The average molecular weight is 387 g/mol. The van der Waals surface area contributed by atoms with E-state index in [0.717, 1.165) is 10.6 Å². The zero-order valence-corrected chi connectivity index (χ0v) is 15.5. The Labute approximate surface area is 156 Å². The molecule has 0 aliphatic carbocycles. The Hall–Kier alpha value is -3.00. The van der Waals surface area contributed by atoms with Gasteiger partial charge in [-0.15, -0.1) is 6.58 Å². The van der Waals surface area contributed by atoms with Gasteiger partial charge >= 0.3 is 0 Å². The third kappa shape index (κ3) is 3.90. The quantitative estimate of drug-likeness (QED) is 0.610. The van der Waals surface area contributed by atoms with Crippen molar-refractivity contribution in [2.45, 2.75) is 13.1 Å². The summed E-state index contributed by atoms with van der Waals surface area (Å²) in [6.45, 7) is 3.67. The lowest BCUT2D eigenvalue weighted by Gasteiger charge is -2.23. The number of hydrogen-bond acceptors (Lipinski definition) is 4. The molecule has 0 fully saturated rings. The second kappa shape index (κ2) is 7.32. The van der Waals surface area contributed by atoms with Crippen LogP contribution in [0.25, 0.3) is 10.9 Å². The van der Waals surface area contributed by atoms with Crippen molar-refractivity contribution in [2.75, 3.05) is 10.6 Å². The Morgan fingerprint density at radius 2 is 1.85 bits per heavy atom. The molecular weight excluding hydrogens is 369 g/mol. The van der Waals surface area contributed by atoms with Gasteiger partial charge < -0.3 is 0 Å². The van der Waals surface area contributed by atoms with Gasteiger partial charge in [0.1, 0.15) is 11.6 Å². The van der Waals surface area contributed by atoms with E-state index in [0.29, 0.717) is 10.9 Å². The van der Waals surface area contributed by atoms with E-state index in [4.69, 9.17) is 0 Å². The van der Waals surface area contributed by atoms with Crippen LogP contribution >= 0.6 is 0 Å². The number of anilines is 1. The summed E-state index contributed by atoms with van der Waals surface area (Å²) in [7, 11) is -3.70. The van der Waals surface area contributed by atoms with Crippen molar-refractivity contribution in [3.63, 3.8) is 0 Å². The summed E-state index contributed by atoms with van der Waals surface area (Å²) in [6, 6.07) is 12.0. The third-order valence-electron chi connectivity index (χ3n) is 4.05. The SMILES string of the molecule is C=CCn1c(CN(c2ccc(F)cc2)S(C)(=O)=O)nc2ccccc2c1=O. The second-order valence-electron chi connectivity index (χ2n) is 6.00. The van der Waals surface area contributed by atoms with E-state index in [2.05, 4.69) is 11.6 Å². The summed E-state index contributed by atoms with van der Waals surface area (Å²) in [5.74, 6) is -0.201. The maximum absolute atomic E-state index is 13.2. The number of rotatable bonds is 6. The molecule has 3 aromatic rings. The van der Waals surface area contributed by atoms with Crippen molar-refractivity contribution in [3.8, 4) is 0 Å². The highest BCUT2D eigenvalue weighted by atomic mass is 32.2. The normalized spacial score (nSPS) is 11.5. The van der Waals surface area contributed by atoms with E-state index in [1.54, 1.807) is 30.3 Å². The number of allylic oxidation sites excluding steroid dienone is 1. The first kappa shape index (κ1) is 18.8. The third-order valence-corrected chi connectivity index (χ3v) is 5.19. The lowest BCUT2D eigenvalue weighted by molar-refractivity contribution is 0.591. The molecule has 0 saturated carbocycles. The minimum atomic E-state index is -3.70. The molecule has 1 aromatic heterocycles. The maximum atomic E-state index is 13.2. The van der Waals surface area contributed by atoms with Crippen LogP contribution in [0.4, 0.5) is 10.1 Å². The Kier molecular flexibility index (Phi) is 5.09. The van der Waals surface area contributed by atoms with Crippen LogP contribution in [0.15, 0.2) is 66.0 Å². The number of sulfonamides is 1. The van der Waals surface area contributed by atoms with Gasteiger partial charge in [-0.05, 0) is 36.4 Å². The molecule has 0 unspecified atom stereocenters. The van der Waals surface area contributed by atoms with Crippen molar-refractivity contribution in [1.29, 1.82) is 0 Å². The van der Waals surface area contributed by atoms with Gasteiger partial charge in [0, 0.05) is 6.54 Å². The standard InChI is InChI=1S/C19H18FN3O3S/c1-3-12-22-18(21-17-7-5-4-6-16(17)19(22)24)13-23(27(2,25)26)15-10-8-14(20)9-11-15/h3-11H,1,12-13H2,2H3.